The lowest BCUT2D eigenvalue weighted by Crippen LogP contribution is -2.49. The van der Waals surface area contributed by atoms with Gasteiger partial charge in [0.15, 0.2) is 5.17 Å². The molecule has 2 heterocycles. The highest BCUT2D eigenvalue weighted by molar-refractivity contribution is 8.15. The molecule has 9 heteroatoms. The van der Waals surface area contributed by atoms with Crippen LogP contribution >= 0.6 is 23.1 Å². The van der Waals surface area contributed by atoms with Gasteiger partial charge in [-0.05, 0) is 29.5 Å². The largest absolute Gasteiger partial charge is 0.359 e. The maximum atomic E-state index is 13.5. The van der Waals surface area contributed by atoms with E-state index < -0.39 is 11.3 Å². The van der Waals surface area contributed by atoms with Crippen molar-refractivity contribution < 1.29 is 14.4 Å². The summed E-state index contributed by atoms with van der Waals surface area (Å²) in [7, 11) is 1.54. The van der Waals surface area contributed by atoms with Crippen LogP contribution < -0.4 is 10.6 Å². The Morgan fingerprint density at radius 1 is 1.06 bits per heavy atom. The number of thioether (sulfide) groups is 1. The summed E-state index contributed by atoms with van der Waals surface area (Å²) in [5.41, 5.74) is 2.61. The highest BCUT2D eigenvalue weighted by Crippen LogP contribution is 2.37. The van der Waals surface area contributed by atoms with Gasteiger partial charge in [-0.25, -0.2) is 4.99 Å². The van der Waals surface area contributed by atoms with Crippen LogP contribution in [-0.4, -0.2) is 46.1 Å². The van der Waals surface area contributed by atoms with E-state index in [1.165, 1.54) is 16.7 Å². The third kappa shape index (κ3) is 5.85. The van der Waals surface area contributed by atoms with Gasteiger partial charge in [-0.3, -0.25) is 19.3 Å². The van der Waals surface area contributed by atoms with Crippen LogP contribution in [0.25, 0.3) is 11.1 Å². The van der Waals surface area contributed by atoms with Crippen molar-refractivity contribution in [3.63, 3.8) is 0 Å². The maximum Gasteiger partial charge on any atom is 0.243 e. The van der Waals surface area contributed by atoms with Crippen molar-refractivity contribution in [2.75, 3.05) is 7.05 Å². The van der Waals surface area contributed by atoms with Gasteiger partial charge in [0.25, 0.3) is 0 Å². The van der Waals surface area contributed by atoms with Crippen LogP contribution in [0.2, 0.25) is 0 Å². The van der Waals surface area contributed by atoms with E-state index in [4.69, 9.17) is 4.99 Å². The highest BCUT2D eigenvalue weighted by Gasteiger charge is 2.44. The number of aliphatic imine (C=N–C) groups is 1. The minimum Gasteiger partial charge on any atom is -0.359 e. The average molecular weight is 521 g/mol. The normalized spacial score (nSPS) is 17.3. The number of carbonyl (C=O) groups excluding carboxylic acids is 3. The van der Waals surface area contributed by atoms with Crippen molar-refractivity contribution in [3.8, 4) is 11.1 Å². The fraction of sp³-hybridized carbons (Fsp3) is 0.259. The van der Waals surface area contributed by atoms with Gasteiger partial charge >= 0.3 is 0 Å². The Labute approximate surface area is 219 Å². The molecular weight excluding hydrogens is 492 g/mol. The van der Waals surface area contributed by atoms with E-state index in [1.807, 2.05) is 79.0 Å². The summed E-state index contributed by atoms with van der Waals surface area (Å²) in [6.07, 6.45) is 0.428. The van der Waals surface area contributed by atoms with Crippen molar-refractivity contribution in [2.24, 2.45) is 4.99 Å². The van der Waals surface area contributed by atoms with Gasteiger partial charge in [0, 0.05) is 23.9 Å². The molecule has 1 fully saturated rings. The SMILES string of the molecule is CCC(C(=O)NCc1cccs1)N1C(=O)C(CC(=O)NC)SC1=Nc1ccccc1-c1ccccc1. The third-order valence-corrected chi connectivity index (χ3v) is 7.87. The van der Waals surface area contributed by atoms with Crippen LogP contribution in [0.4, 0.5) is 5.69 Å². The molecule has 186 valence electrons. The van der Waals surface area contributed by atoms with Gasteiger partial charge in [-0.2, -0.15) is 0 Å². The number of amidine groups is 1. The van der Waals surface area contributed by atoms with E-state index in [-0.39, 0.29) is 24.1 Å². The van der Waals surface area contributed by atoms with Crippen LogP contribution in [0.5, 0.6) is 0 Å². The predicted octanol–water partition coefficient (Wildman–Crippen LogP) is 4.58. The number of carbonyl (C=O) groups is 3. The van der Waals surface area contributed by atoms with E-state index in [9.17, 15) is 14.4 Å². The monoisotopic (exact) mass is 520 g/mol. The quantitative estimate of drug-likeness (QED) is 0.432. The number of benzene rings is 2. The van der Waals surface area contributed by atoms with Crippen LogP contribution in [0.1, 0.15) is 24.6 Å². The smallest absolute Gasteiger partial charge is 0.243 e. The van der Waals surface area contributed by atoms with Crippen molar-refractivity contribution in [1.29, 1.82) is 0 Å². The van der Waals surface area contributed by atoms with E-state index in [0.29, 0.717) is 23.8 Å². The van der Waals surface area contributed by atoms with Crippen molar-refractivity contribution >= 4 is 51.7 Å². The molecule has 3 amide bonds. The van der Waals surface area contributed by atoms with E-state index in [0.717, 1.165) is 16.0 Å². The lowest BCUT2D eigenvalue weighted by molar-refractivity contribution is -0.136. The number of thiophene rings is 1. The molecule has 1 aromatic heterocycles. The molecule has 1 saturated heterocycles. The second-order valence-corrected chi connectivity index (χ2v) is 10.4. The number of hydrogen-bond donors (Lipinski definition) is 2. The lowest BCUT2D eigenvalue weighted by Gasteiger charge is -2.26. The standard InChI is InChI=1S/C27H28N4O3S2/c1-3-22(25(33)29-17-19-12-9-15-35-19)31-26(34)23(16-24(32)28-2)36-27(31)30-21-14-8-7-13-20(21)18-10-5-4-6-11-18/h4-15,22-23H,3,16-17H2,1-2H3,(H,28,32)(H,29,33). The zero-order chi connectivity index (χ0) is 25.5. The number of hydrogen-bond acceptors (Lipinski definition) is 6. The molecule has 4 rings (SSSR count). The molecule has 7 nitrogen and oxygen atoms in total. The molecule has 2 aromatic carbocycles. The van der Waals surface area contributed by atoms with E-state index in [2.05, 4.69) is 10.6 Å². The molecule has 0 spiro atoms. The fourth-order valence-electron chi connectivity index (χ4n) is 3.98. The van der Waals surface area contributed by atoms with E-state index in [1.54, 1.807) is 18.4 Å². The number of amides is 3. The summed E-state index contributed by atoms with van der Waals surface area (Å²) < 4.78 is 0. The molecule has 0 aliphatic carbocycles. The van der Waals surface area contributed by atoms with Gasteiger partial charge in [-0.1, -0.05) is 73.3 Å². The number of nitrogens with one attached hydrogen (secondary N) is 2. The minimum atomic E-state index is -0.734. The Morgan fingerprint density at radius 2 is 1.81 bits per heavy atom. The second-order valence-electron chi connectivity index (χ2n) is 8.19. The first-order valence-electron chi connectivity index (χ1n) is 11.7. The first-order chi connectivity index (χ1) is 17.5. The molecule has 1 aliphatic heterocycles. The summed E-state index contributed by atoms with van der Waals surface area (Å²) >= 11 is 2.79. The topological polar surface area (TPSA) is 90.9 Å². The fourth-order valence-corrected chi connectivity index (χ4v) is 5.81. The van der Waals surface area contributed by atoms with Crippen molar-refractivity contribution in [2.45, 2.75) is 37.6 Å². The van der Waals surface area contributed by atoms with Gasteiger partial charge < -0.3 is 10.6 Å². The predicted molar refractivity (Wildman–Crippen MR) is 146 cm³/mol. The van der Waals surface area contributed by atoms with Crippen LogP contribution in [0, 0.1) is 0 Å². The molecule has 0 bridgehead atoms. The zero-order valence-corrected chi connectivity index (χ0v) is 21.8. The molecular formula is C27H28N4O3S2. The highest BCUT2D eigenvalue weighted by atomic mass is 32.2. The summed E-state index contributed by atoms with van der Waals surface area (Å²) in [5, 5.41) is 7.28. The average Bonchev–Trinajstić information content (AvgIpc) is 3.53. The Balaban J connectivity index is 1.68. The molecule has 3 aromatic rings. The summed E-state index contributed by atoms with van der Waals surface area (Å²) in [5.74, 6) is -0.760. The summed E-state index contributed by atoms with van der Waals surface area (Å²) in [4.78, 5) is 46.3. The molecule has 2 N–H and O–H groups in total. The molecule has 1 aliphatic rings. The lowest BCUT2D eigenvalue weighted by atomic mass is 10.0. The first kappa shape index (κ1) is 25.7. The number of nitrogens with zero attached hydrogens (tertiary/aromatic N) is 2. The third-order valence-electron chi connectivity index (χ3n) is 5.84. The Kier molecular flexibility index (Phi) is 8.56. The van der Waals surface area contributed by atoms with Crippen LogP contribution in [0.3, 0.4) is 0 Å². The number of para-hydroxylation sites is 1. The minimum absolute atomic E-state index is 0.0170. The van der Waals surface area contributed by atoms with Crippen molar-refractivity contribution in [1.82, 2.24) is 15.5 Å². The molecule has 2 atom stereocenters. The number of rotatable bonds is 9. The Bertz CT molecular complexity index is 1240. The molecule has 0 radical (unpaired) electrons. The first-order valence-corrected chi connectivity index (χ1v) is 13.5. The molecule has 2 unspecified atom stereocenters. The van der Waals surface area contributed by atoms with Crippen LogP contribution in [0.15, 0.2) is 77.1 Å². The van der Waals surface area contributed by atoms with E-state index >= 15 is 0 Å². The second kappa shape index (κ2) is 12.0. The van der Waals surface area contributed by atoms with Gasteiger partial charge in [-0.15, -0.1) is 11.3 Å². The van der Waals surface area contributed by atoms with Gasteiger partial charge in [0.1, 0.15) is 11.3 Å². The molecule has 0 saturated carbocycles. The van der Waals surface area contributed by atoms with Crippen molar-refractivity contribution in [3.05, 3.63) is 77.0 Å². The van der Waals surface area contributed by atoms with Gasteiger partial charge in [0.05, 0.1) is 12.2 Å². The summed E-state index contributed by atoms with van der Waals surface area (Å²) in [6, 6.07) is 20.7. The maximum absolute atomic E-state index is 13.5. The Hall–Kier alpha value is -3.43. The van der Waals surface area contributed by atoms with Gasteiger partial charge in [0.2, 0.25) is 17.7 Å². The summed E-state index contributed by atoms with van der Waals surface area (Å²) in [6.45, 7) is 2.27. The molecule has 36 heavy (non-hydrogen) atoms. The Morgan fingerprint density at radius 3 is 2.50 bits per heavy atom. The van der Waals surface area contributed by atoms with Crippen LogP contribution in [-0.2, 0) is 20.9 Å². The zero-order valence-electron chi connectivity index (χ0n) is 20.1.